The standard InChI is InChI=1S/C23H21F3N4O3S/c1-13-19(15-6-4-5-7-16(15)27-13)20(31)21(32)30(11-10-29(2)3)22-28-17-9-8-14(12-18(17)34-22)33-23(24,25)26/h4-9,12,27H,10-11H2,1-3H3. The fourth-order valence-corrected chi connectivity index (χ4v) is 4.61. The highest BCUT2D eigenvalue weighted by atomic mass is 32.1. The number of likely N-dealkylation sites (N-methyl/N-ethyl adjacent to an activating group) is 1. The lowest BCUT2D eigenvalue weighted by Crippen LogP contribution is -2.41. The molecule has 0 radical (unpaired) electrons. The first-order valence-corrected chi connectivity index (χ1v) is 11.1. The van der Waals surface area contributed by atoms with Gasteiger partial charge >= 0.3 is 12.3 Å². The monoisotopic (exact) mass is 490 g/mol. The Morgan fingerprint density at radius 3 is 2.56 bits per heavy atom. The van der Waals surface area contributed by atoms with E-state index in [2.05, 4.69) is 14.7 Å². The Labute approximate surface area is 196 Å². The first-order valence-electron chi connectivity index (χ1n) is 10.3. The molecule has 0 atom stereocenters. The summed E-state index contributed by atoms with van der Waals surface area (Å²) >= 11 is 1.02. The number of aryl methyl sites for hydroxylation is 1. The van der Waals surface area contributed by atoms with Gasteiger partial charge in [-0.15, -0.1) is 13.2 Å². The number of hydrogen-bond donors (Lipinski definition) is 1. The van der Waals surface area contributed by atoms with E-state index in [-0.39, 0.29) is 23.0 Å². The molecule has 0 fully saturated rings. The van der Waals surface area contributed by atoms with E-state index in [0.717, 1.165) is 22.9 Å². The number of thiazole rings is 1. The van der Waals surface area contributed by atoms with Gasteiger partial charge in [-0.3, -0.25) is 14.5 Å². The van der Waals surface area contributed by atoms with E-state index in [1.54, 1.807) is 19.1 Å². The van der Waals surface area contributed by atoms with Crippen molar-refractivity contribution in [2.45, 2.75) is 13.3 Å². The van der Waals surface area contributed by atoms with Gasteiger partial charge in [0.1, 0.15) is 5.75 Å². The molecule has 7 nitrogen and oxygen atoms in total. The molecule has 0 aliphatic carbocycles. The summed E-state index contributed by atoms with van der Waals surface area (Å²) in [5.41, 5.74) is 2.00. The molecule has 2 heterocycles. The normalized spacial score (nSPS) is 12.0. The van der Waals surface area contributed by atoms with E-state index in [9.17, 15) is 22.8 Å². The third-order valence-corrected chi connectivity index (χ3v) is 6.19. The number of Topliss-reactive ketones (excluding diaryl/α,β-unsaturated/α-hetero) is 1. The summed E-state index contributed by atoms with van der Waals surface area (Å²) in [6, 6.07) is 11.0. The fourth-order valence-electron chi connectivity index (χ4n) is 3.59. The number of ketones is 1. The highest BCUT2D eigenvalue weighted by Gasteiger charge is 2.32. The number of amides is 1. The van der Waals surface area contributed by atoms with Crippen molar-refractivity contribution in [2.24, 2.45) is 0 Å². The number of carbonyl (C=O) groups excluding carboxylic acids is 2. The molecule has 11 heteroatoms. The van der Waals surface area contributed by atoms with E-state index in [1.165, 1.54) is 17.0 Å². The minimum atomic E-state index is -4.82. The van der Waals surface area contributed by atoms with Crippen LogP contribution in [-0.2, 0) is 4.79 Å². The molecule has 1 amide bonds. The number of ether oxygens (including phenoxy) is 1. The molecular weight excluding hydrogens is 469 g/mol. The van der Waals surface area contributed by atoms with Crippen molar-refractivity contribution in [2.75, 3.05) is 32.1 Å². The number of alkyl halides is 3. The lowest BCUT2D eigenvalue weighted by Gasteiger charge is -2.21. The molecule has 2 aromatic carbocycles. The minimum absolute atomic E-state index is 0.171. The van der Waals surface area contributed by atoms with Crippen molar-refractivity contribution in [1.29, 1.82) is 0 Å². The number of benzene rings is 2. The summed E-state index contributed by atoms with van der Waals surface area (Å²) in [5, 5.41) is 0.862. The average molecular weight is 491 g/mol. The highest BCUT2D eigenvalue weighted by Crippen LogP contribution is 2.34. The summed E-state index contributed by atoms with van der Waals surface area (Å²) in [6.07, 6.45) is -4.82. The molecule has 0 saturated heterocycles. The molecule has 0 spiro atoms. The van der Waals surface area contributed by atoms with Crippen molar-refractivity contribution in [1.82, 2.24) is 14.9 Å². The molecule has 0 unspecified atom stereocenters. The third-order valence-electron chi connectivity index (χ3n) is 5.14. The predicted octanol–water partition coefficient (Wildman–Crippen LogP) is 4.76. The van der Waals surface area contributed by atoms with Crippen LogP contribution in [0.25, 0.3) is 21.1 Å². The van der Waals surface area contributed by atoms with Gasteiger partial charge in [0, 0.05) is 35.8 Å². The number of aromatic nitrogens is 2. The van der Waals surface area contributed by atoms with Crippen LogP contribution in [0.5, 0.6) is 5.75 Å². The van der Waals surface area contributed by atoms with Gasteiger partial charge < -0.3 is 14.6 Å². The molecule has 178 valence electrons. The second-order valence-electron chi connectivity index (χ2n) is 7.93. The van der Waals surface area contributed by atoms with Crippen molar-refractivity contribution in [3.63, 3.8) is 0 Å². The Balaban J connectivity index is 1.71. The number of aromatic amines is 1. The van der Waals surface area contributed by atoms with Crippen LogP contribution in [0.3, 0.4) is 0 Å². The van der Waals surface area contributed by atoms with Crippen molar-refractivity contribution >= 4 is 49.3 Å². The smallest absolute Gasteiger partial charge is 0.406 e. The lowest BCUT2D eigenvalue weighted by molar-refractivity contribution is -0.274. The molecule has 4 aromatic rings. The second kappa shape index (κ2) is 9.07. The molecule has 4 rings (SSSR count). The van der Waals surface area contributed by atoms with E-state index in [4.69, 9.17) is 0 Å². The summed E-state index contributed by atoms with van der Waals surface area (Å²) in [7, 11) is 3.65. The number of nitrogens with zero attached hydrogens (tertiary/aromatic N) is 3. The van der Waals surface area contributed by atoms with Gasteiger partial charge in [-0.25, -0.2) is 4.98 Å². The Morgan fingerprint density at radius 1 is 1.12 bits per heavy atom. The number of halogens is 3. The van der Waals surface area contributed by atoms with Crippen molar-refractivity contribution in [3.8, 4) is 5.75 Å². The quantitative estimate of drug-likeness (QED) is 0.299. The van der Waals surface area contributed by atoms with E-state index >= 15 is 0 Å². The van der Waals surface area contributed by atoms with Gasteiger partial charge in [0.2, 0.25) is 0 Å². The summed E-state index contributed by atoms with van der Waals surface area (Å²) in [6.45, 7) is 2.35. The van der Waals surface area contributed by atoms with Gasteiger partial charge in [-0.1, -0.05) is 29.5 Å². The number of H-pyrrole nitrogens is 1. The SMILES string of the molecule is Cc1[nH]c2ccccc2c1C(=O)C(=O)N(CCN(C)C)c1nc2ccc(OC(F)(F)F)cc2s1. The molecule has 0 saturated carbocycles. The molecule has 34 heavy (non-hydrogen) atoms. The number of hydrogen-bond acceptors (Lipinski definition) is 6. The molecule has 1 N–H and O–H groups in total. The van der Waals surface area contributed by atoms with Crippen molar-refractivity contribution < 1.29 is 27.5 Å². The average Bonchev–Trinajstić information content (AvgIpc) is 3.31. The number of carbonyl (C=O) groups is 2. The zero-order chi connectivity index (χ0) is 24.6. The lowest BCUT2D eigenvalue weighted by atomic mass is 10.1. The number of para-hydroxylation sites is 1. The second-order valence-corrected chi connectivity index (χ2v) is 8.94. The molecule has 0 aliphatic rings. The maximum absolute atomic E-state index is 13.4. The molecular formula is C23H21F3N4O3S. The van der Waals surface area contributed by atoms with Crippen LogP contribution >= 0.6 is 11.3 Å². The van der Waals surface area contributed by atoms with Crippen LogP contribution in [0, 0.1) is 6.92 Å². The molecule has 0 aliphatic heterocycles. The van der Waals surface area contributed by atoms with Gasteiger partial charge in [-0.2, -0.15) is 0 Å². The number of fused-ring (bicyclic) bond motifs is 2. The Hall–Kier alpha value is -3.44. The van der Waals surface area contributed by atoms with Gasteiger partial charge in [0.05, 0.1) is 15.8 Å². The molecule has 2 aromatic heterocycles. The maximum atomic E-state index is 13.4. The van der Waals surface area contributed by atoms with Crippen LogP contribution in [-0.4, -0.2) is 60.1 Å². The van der Waals surface area contributed by atoms with Crippen LogP contribution < -0.4 is 9.64 Å². The zero-order valence-corrected chi connectivity index (χ0v) is 19.4. The van der Waals surface area contributed by atoms with Crippen LogP contribution in [0.2, 0.25) is 0 Å². The number of anilines is 1. The van der Waals surface area contributed by atoms with E-state index < -0.39 is 18.1 Å². The van der Waals surface area contributed by atoms with Crippen LogP contribution in [0.4, 0.5) is 18.3 Å². The van der Waals surface area contributed by atoms with Crippen molar-refractivity contribution in [3.05, 3.63) is 53.7 Å². The first-order chi connectivity index (χ1) is 16.0. The summed E-state index contributed by atoms with van der Waals surface area (Å²) in [4.78, 5) is 37.4. The first kappa shape index (κ1) is 23.7. The topological polar surface area (TPSA) is 78.5 Å². The minimum Gasteiger partial charge on any atom is -0.406 e. The Bertz CT molecular complexity index is 1380. The zero-order valence-electron chi connectivity index (χ0n) is 18.6. The Morgan fingerprint density at radius 2 is 1.85 bits per heavy atom. The van der Waals surface area contributed by atoms with Crippen LogP contribution in [0.1, 0.15) is 16.1 Å². The summed E-state index contributed by atoms with van der Waals surface area (Å²) < 4.78 is 42.2. The highest BCUT2D eigenvalue weighted by molar-refractivity contribution is 7.22. The van der Waals surface area contributed by atoms with E-state index in [0.29, 0.717) is 27.8 Å². The van der Waals surface area contributed by atoms with Gasteiger partial charge in [-0.05, 0) is 39.2 Å². The number of rotatable bonds is 7. The Kier molecular flexibility index (Phi) is 6.32. The predicted molar refractivity (Wildman–Crippen MR) is 125 cm³/mol. The van der Waals surface area contributed by atoms with Crippen LogP contribution in [0.15, 0.2) is 42.5 Å². The van der Waals surface area contributed by atoms with Gasteiger partial charge in [0.15, 0.2) is 5.13 Å². The third kappa shape index (κ3) is 4.90. The largest absolute Gasteiger partial charge is 0.573 e. The number of nitrogens with one attached hydrogen (secondary N) is 1. The maximum Gasteiger partial charge on any atom is 0.573 e. The van der Waals surface area contributed by atoms with Gasteiger partial charge in [0.25, 0.3) is 5.78 Å². The summed E-state index contributed by atoms with van der Waals surface area (Å²) in [5.74, 6) is -1.83. The molecule has 0 bridgehead atoms. The van der Waals surface area contributed by atoms with E-state index in [1.807, 2.05) is 31.1 Å². The fraction of sp³-hybridized carbons (Fsp3) is 0.261.